The van der Waals surface area contributed by atoms with Crippen molar-refractivity contribution in [3.63, 3.8) is 0 Å². The van der Waals surface area contributed by atoms with Crippen LogP contribution in [0.5, 0.6) is 0 Å². The monoisotopic (exact) mass is 290 g/mol. The van der Waals surface area contributed by atoms with Crippen LogP contribution < -0.4 is 16.2 Å². The maximum atomic E-state index is 12.1. The second kappa shape index (κ2) is 5.18. The highest BCUT2D eigenvalue weighted by molar-refractivity contribution is 7.15. The SMILES string of the molecule is Cc1ccc(C(=O)Nc2nc3c(s2)CNCC3)c(=O)[nH]1. The van der Waals surface area contributed by atoms with Gasteiger partial charge < -0.3 is 10.3 Å². The molecule has 0 unspecified atom stereocenters. The molecule has 0 radical (unpaired) electrons. The molecule has 0 aliphatic carbocycles. The number of H-pyrrole nitrogens is 1. The first-order valence-electron chi connectivity index (χ1n) is 6.34. The number of aromatic amines is 1. The van der Waals surface area contributed by atoms with E-state index in [1.54, 1.807) is 13.0 Å². The van der Waals surface area contributed by atoms with E-state index in [9.17, 15) is 9.59 Å². The summed E-state index contributed by atoms with van der Waals surface area (Å²) in [6.45, 7) is 3.46. The predicted molar refractivity (Wildman–Crippen MR) is 77.3 cm³/mol. The van der Waals surface area contributed by atoms with Crippen molar-refractivity contribution >= 4 is 22.4 Å². The number of pyridine rings is 1. The molecule has 2 aromatic heterocycles. The molecule has 3 rings (SSSR count). The molecule has 0 fully saturated rings. The van der Waals surface area contributed by atoms with Crippen LogP contribution in [0, 0.1) is 6.92 Å². The van der Waals surface area contributed by atoms with Crippen LogP contribution in [0.3, 0.4) is 0 Å². The fraction of sp³-hybridized carbons (Fsp3) is 0.308. The normalized spacial score (nSPS) is 13.8. The predicted octanol–water partition coefficient (Wildman–Crippen LogP) is 1.04. The van der Waals surface area contributed by atoms with E-state index in [0.717, 1.165) is 35.8 Å². The lowest BCUT2D eigenvalue weighted by Gasteiger charge is -2.09. The van der Waals surface area contributed by atoms with Gasteiger partial charge in [-0.1, -0.05) is 0 Å². The number of anilines is 1. The molecule has 1 aliphatic rings. The van der Waals surface area contributed by atoms with Gasteiger partial charge in [-0.05, 0) is 19.1 Å². The van der Waals surface area contributed by atoms with Crippen molar-refractivity contribution in [3.8, 4) is 0 Å². The van der Waals surface area contributed by atoms with E-state index in [1.807, 2.05) is 0 Å². The van der Waals surface area contributed by atoms with E-state index in [0.29, 0.717) is 5.13 Å². The minimum atomic E-state index is -0.426. The summed E-state index contributed by atoms with van der Waals surface area (Å²) in [5, 5.41) is 6.50. The number of hydrogen-bond donors (Lipinski definition) is 3. The van der Waals surface area contributed by atoms with E-state index in [4.69, 9.17) is 0 Å². The number of aryl methyl sites for hydroxylation is 1. The number of aromatic nitrogens is 2. The summed E-state index contributed by atoms with van der Waals surface area (Å²) >= 11 is 1.45. The Morgan fingerprint density at radius 1 is 1.45 bits per heavy atom. The number of amides is 1. The molecule has 1 amide bonds. The highest BCUT2D eigenvalue weighted by atomic mass is 32.1. The first-order valence-corrected chi connectivity index (χ1v) is 7.16. The third kappa shape index (κ3) is 2.50. The topological polar surface area (TPSA) is 86.9 Å². The first-order chi connectivity index (χ1) is 9.63. The molecule has 0 spiro atoms. The van der Waals surface area contributed by atoms with Crippen molar-refractivity contribution < 1.29 is 4.79 Å². The molecule has 0 saturated carbocycles. The van der Waals surface area contributed by atoms with Gasteiger partial charge >= 0.3 is 0 Å². The van der Waals surface area contributed by atoms with Crippen LogP contribution in [0.15, 0.2) is 16.9 Å². The molecule has 0 aromatic carbocycles. The zero-order valence-electron chi connectivity index (χ0n) is 10.9. The Morgan fingerprint density at radius 2 is 2.30 bits per heavy atom. The van der Waals surface area contributed by atoms with Gasteiger partial charge in [-0.25, -0.2) is 4.98 Å². The minimum Gasteiger partial charge on any atom is -0.326 e. The zero-order chi connectivity index (χ0) is 14.1. The Morgan fingerprint density at radius 3 is 3.05 bits per heavy atom. The first kappa shape index (κ1) is 13.0. The van der Waals surface area contributed by atoms with Gasteiger partial charge in [-0.15, -0.1) is 11.3 Å². The molecule has 0 atom stereocenters. The number of hydrogen-bond acceptors (Lipinski definition) is 5. The maximum absolute atomic E-state index is 12.1. The average Bonchev–Trinajstić information content (AvgIpc) is 2.80. The van der Waals surface area contributed by atoms with Gasteiger partial charge in [0.1, 0.15) is 5.56 Å². The molecular formula is C13H14N4O2S. The lowest BCUT2D eigenvalue weighted by molar-refractivity contribution is 0.102. The van der Waals surface area contributed by atoms with Crippen molar-refractivity contribution in [2.24, 2.45) is 0 Å². The maximum Gasteiger partial charge on any atom is 0.263 e. The lowest BCUT2D eigenvalue weighted by atomic mass is 10.2. The molecule has 0 bridgehead atoms. The Hall–Kier alpha value is -1.99. The Kier molecular flexibility index (Phi) is 3.37. The molecule has 104 valence electrons. The quantitative estimate of drug-likeness (QED) is 0.771. The van der Waals surface area contributed by atoms with E-state index < -0.39 is 5.91 Å². The molecular weight excluding hydrogens is 276 g/mol. The number of carbonyl (C=O) groups excluding carboxylic acids is 1. The zero-order valence-corrected chi connectivity index (χ0v) is 11.8. The smallest absolute Gasteiger partial charge is 0.263 e. The summed E-state index contributed by atoms with van der Waals surface area (Å²) in [5.41, 5.74) is 1.47. The number of fused-ring (bicyclic) bond motifs is 1. The summed E-state index contributed by atoms with van der Waals surface area (Å²) in [6.07, 6.45) is 0.868. The molecule has 20 heavy (non-hydrogen) atoms. The van der Waals surface area contributed by atoms with Crippen LogP contribution in [0.4, 0.5) is 5.13 Å². The van der Waals surface area contributed by atoms with E-state index >= 15 is 0 Å². The van der Waals surface area contributed by atoms with Crippen LogP contribution in [0.1, 0.15) is 26.6 Å². The summed E-state index contributed by atoms with van der Waals surface area (Å²) in [5.74, 6) is -0.426. The fourth-order valence-corrected chi connectivity index (χ4v) is 3.07. The second-order valence-electron chi connectivity index (χ2n) is 4.65. The molecule has 6 nitrogen and oxygen atoms in total. The van der Waals surface area contributed by atoms with Crippen molar-refractivity contribution in [1.29, 1.82) is 0 Å². The van der Waals surface area contributed by atoms with Gasteiger partial charge in [0.05, 0.1) is 5.69 Å². The molecule has 2 aromatic rings. The van der Waals surface area contributed by atoms with Crippen LogP contribution >= 0.6 is 11.3 Å². The third-order valence-electron chi connectivity index (χ3n) is 3.12. The van der Waals surface area contributed by atoms with Crippen LogP contribution in [0.25, 0.3) is 0 Å². The number of nitrogens with zero attached hydrogens (tertiary/aromatic N) is 1. The number of carbonyl (C=O) groups is 1. The average molecular weight is 290 g/mol. The van der Waals surface area contributed by atoms with Gasteiger partial charge in [0.25, 0.3) is 11.5 Å². The van der Waals surface area contributed by atoms with Gasteiger partial charge in [0, 0.05) is 30.1 Å². The van der Waals surface area contributed by atoms with Crippen molar-refractivity contribution in [2.75, 3.05) is 11.9 Å². The van der Waals surface area contributed by atoms with Crippen molar-refractivity contribution in [2.45, 2.75) is 19.9 Å². The van der Waals surface area contributed by atoms with E-state index in [2.05, 4.69) is 20.6 Å². The van der Waals surface area contributed by atoms with Crippen molar-refractivity contribution in [3.05, 3.63) is 44.3 Å². The van der Waals surface area contributed by atoms with E-state index in [1.165, 1.54) is 17.4 Å². The van der Waals surface area contributed by atoms with Crippen LogP contribution in [-0.4, -0.2) is 22.4 Å². The van der Waals surface area contributed by atoms with Gasteiger partial charge in [-0.2, -0.15) is 0 Å². The Bertz CT molecular complexity index is 696. The van der Waals surface area contributed by atoms with Gasteiger partial charge in [0.2, 0.25) is 0 Å². The second-order valence-corrected chi connectivity index (χ2v) is 5.74. The highest BCUT2D eigenvalue weighted by Gasteiger charge is 2.17. The highest BCUT2D eigenvalue weighted by Crippen LogP contribution is 2.25. The Labute approximate surface area is 119 Å². The standard InChI is InChI=1S/C13H14N4O2S/c1-7-2-3-8(11(18)15-7)12(19)17-13-16-9-4-5-14-6-10(9)20-13/h2-3,14H,4-6H2,1H3,(H,15,18)(H,16,17,19). The number of nitrogens with one attached hydrogen (secondary N) is 3. The van der Waals surface area contributed by atoms with Gasteiger partial charge in [-0.3, -0.25) is 14.9 Å². The van der Waals surface area contributed by atoms with Crippen molar-refractivity contribution in [1.82, 2.24) is 15.3 Å². The molecule has 7 heteroatoms. The molecule has 0 saturated heterocycles. The largest absolute Gasteiger partial charge is 0.326 e. The fourth-order valence-electron chi connectivity index (χ4n) is 2.09. The molecule has 3 N–H and O–H groups in total. The number of thiazole rings is 1. The van der Waals surface area contributed by atoms with Crippen LogP contribution in [0.2, 0.25) is 0 Å². The molecule has 3 heterocycles. The lowest BCUT2D eigenvalue weighted by Crippen LogP contribution is -2.23. The number of rotatable bonds is 2. The Balaban J connectivity index is 1.82. The third-order valence-corrected chi connectivity index (χ3v) is 4.14. The minimum absolute atomic E-state index is 0.0990. The summed E-state index contributed by atoms with van der Waals surface area (Å²) in [4.78, 5) is 32.0. The summed E-state index contributed by atoms with van der Waals surface area (Å²) < 4.78 is 0. The summed E-state index contributed by atoms with van der Waals surface area (Å²) in [6, 6.07) is 3.23. The molecule has 1 aliphatic heterocycles. The van der Waals surface area contributed by atoms with Gasteiger partial charge in [0.15, 0.2) is 5.13 Å². The van der Waals surface area contributed by atoms with Crippen LogP contribution in [-0.2, 0) is 13.0 Å². The van der Waals surface area contributed by atoms with E-state index in [-0.39, 0.29) is 11.1 Å². The summed E-state index contributed by atoms with van der Waals surface area (Å²) in [7, 11) is 0.